The van der Waals surface area contributed by atoms with Crippen molar-refractivity contribution >= 4 is 0 Å². The van der Waals surface area contributed by atoms with Crippen LogP contribution in [0.4, 0.5) is 8.78 Å². The zero-order valence-electron chi connectivity index (χ0n) is 8.97. The Balaban J connectivity index is 2.67. The summed E-state index contributed by atoms with van der Waals surface area (Å²) in [6.45, 7) is 1.51. The van der Waals surface area contributed by atoms with Crippen LogP contribution in [-0.4, -0.2) is 12.5 Å². The topological polar surface area (TPSA) is 26.0 Å². The van der Waals surface area contributed by atoms with Gasteiger partial charge in [-0.1, -0.05) is 24.3 Å². The fraction of sp³-hybridized carbons (Fsp3) is 0.500. The van der Waals surface area contributed by atoms with Gasteiger partial charge in [0.15, 0.2) is 0 Å². The van der Waals surface area contributed by atoms with Gasteiger partial charge in [-0.15, -0.1) is 0 Å². The minimum absolute atomic E-state index is 0.103. The molecule has 0 saturated carbocycles. The second-order valence-electron chi connectivity index (χ2n) is 3.88. The number of nitrogens with two attached hydrogens (primary N) is 1. The van der Waals surface area contributed by atoms with Crippen molar-refractivity contribution in [1.29, 1.82) is 0 Å². The van der Waals surface area contributed by atoms with Crippen molar-refractivity contribution < 1.29 is 8.78 Å². The molecule has 84 valence electrons. The summed E-state index contributed by atoms with van der Waals surface area (Å²) in [4.78, 5) is 0. The van der Waals surface area contributed by atoms with Gasteiger partial charge in [0, 0.05) is 6.42 Å². The summed E-state index contributed by atoms with van der Waals surface area (Å²) in [5.74, 6) is -2.59. The quantitative estimate of drug-likeness (QED) is 0.799. The number of rotatable bonds is 5. The third-order valence-corrected chi connectivity index (χ3v) is 2.37. The van der Waals surface area contributed by atoms with Crippen LogP contribution in [0, 0.1) is 0 Å². The number of hydrogen-bond donors (Lipinski definition) is 1. The number of halogens is 2. The molecule has 0 bridgehead atoms. The van der Waals surface area contributed by atoms with Gasteiger partial charge in [-0.2, -0.15) is 0 Å². The molecule has 1 nitrogen and oxygen atoms in total. The van der Waals surface area contributed by atoms with Crippen LogP contribution in [0.1, 0.15) is 24.5 Å². The summed E-state index contributed by atoms with van der Waals surface area (Å²) >= 11 is 0. The highest BCUT2D eigenvalue weighted by molar-refractivity contribution is 5.27. The Hall–Kier alpha value is -0.960. The molecule has 1 aromatic carbocycles. The number of hydrogen-bond acceptors (Lipinski definition) is 1. The molecule has 0 aromatic heterocycles. The molecule has 0 heterocycles. The normalized spacial score (nSPS) is 11.7. The summed E-state index contributed by atoms with van der Waals surface area (Å²) in [5.41, 5.74) is 7.54. The zero-order chi connectivity index (χ0) is 11.3. The Bertz CT molecular complexity index is 305. The Morgan fingerprint density at radius 2 is 1.67 bits per heavy atom. The van der Waals surface area contributed by atoms with E-state index in [1.165, 1.54) is 0 Å². The monoisotopic (exact) mass is 213 g/mol. The van der Waals surface area contributed by atoms with E-state index in [9.17, 15) is 8.78 Å². The molecule has 1 rings (SSSR count). The summed E-state index contributed by atoms with van der Waals surface area (Å²) in [6, 6.07) is 7.65. The summed E-state index contributed by atoms with van der Waals surface area (Å²) in [5, 5.41) is 0. The predicted molar refractivity (Wildman–Crippen MR) is 58.1 cm³/mol. The lowest BCUT2D eigenvalue weighted by atomic mass is 9.99. The molecule has 0 saturated heterocycles. The molecule has 0 amide bonds. The molecule has 0 atom stereocenters. The molecule has 15 heavy (non-hydrogen) atoms. The van der Waals surface area contributed by atoms with Crippen molar-refractivity contribution in [3.8, 4) is 0 Å². The smallest absolute Gasteiger partial charge is 0.245 e. The van der Waals surface area contributed by atoms with Gasteiger partial charge in [-0.3, -0.25) is 0 Å². The molecule has 0 radical (unpaired) electrons. The van der Waals surface area contributed by atoms with Crippen LogP contribution in [0.5, 0.6) is 0 Å². The van der Waals surface area contributed by atoms with Crippen molar-refractivity contribution in [2.45, 2.75) is 32.1 Å². The van der Waals surface area contributed by atoms with Crippen LogP contribution in [-0.2, 0) is 12.8 Å². The van der Waals surface area contributed by atoms with Gasteiger partial charge < -0.3 is 5.73 Å². The minimum Gasteiger partial charge on any atom is -0.330 e. The number of aryl methyl sites for hydroxylation is 1. The number of benzene rings is 1. The molecule has 3 heteroatoms. The maximum absolute atomic E-state index is 12.7. The van der Waals surface area contributed by atoms with E-state index in [2.05, 4.69) is 0 Å². The highest BCUT2D eigenvalue weighted by Gasteiger charge is 2.20. The van der Waals surface area contributed by atoms with E-state index in [4.69, 9.17) is 5.73 Å². The largest absolute Gasteiger partial charge is 0.330 e. The average Bonchev–Trinajstić information content (AvgIpc) is 2.16. The lowest BCUT2D eigenvalue weighted by molar-refractivity contribution is 0.0133. The maximum Gasteiger partial charge on any atom is 0.245 e. The van der Waals surface area contributed by atoms with Gasteiger partial charge in [0.2, 0.25) is 5.92 Å². The van der Waals surface area contributed by atoms with Crippen molar-refractivity contribution in [2.24, 2.45) is 5.73 Å². The summed E-state index contributed by atoms with van der Waals surface area (Å²) in [6.07, 6.45) is 1.07. The van der Waals surface area contributed by atoms with Crippen LogP contribution in [0.2, 0.25) is 0 Å². The fourth-order valence-corrected chi connectivity index (χ4v) is 1.55. The van der Waals surface area contributed by atoms with Crippen molar-refractivity contribution in [1.82, 2.24) is 0 Å². The van der Waals surface area contributed by atoms with E-state index in [0.717, 1.165) is 24.5 Å². The third-order valence-electron chi connectivity index (χ3n) is 2.37. The first kappa shape index (κ1) is 12.1. The Morgan fingerprint density at radius 1 is 1.13 bits per heavy atom. The Morgan fingerprint density at radius 3 is 2.13 bits per heavy atom. The standard InChI is InChI=1S/C12H17F2N/c1-12(13,14)8-6-10-4-2-3-5-11(10)7-9-15/h2-5H,6-9,15H2,1H3. The molecule has 2 N–H and O–H groups in total. The van der Waals surface area contributed by atoms with Crippen LogP contribution in [0.3, 0.4) is 0 Å². The van der Waals surface area contributed by atoms with E-state index in [0.29, 0.717) is 13.0 Å². The lowest BCUT2D eigenvalue weighted by Crippen LogP contribution is -2.12. The predicted octanol–water partition coefficient (Wildman–Crippen LogP) is 2.78. The molecule has 0 aliphatic heterocycles. The van der Waals surface area contributed by atoms with Gasteiger partial charge in [0.05, 0.1) is 0 Å². The van der Waals surface area contributed by atoms with Crippen molar-refractivity contribution in [2.75, 3.05) is 6.54 Å². The van der Waals surface area contributed by atoms with Gasteiger partial charge in [-0.25, -0.2) is 8.78 Å². The van der Waals surface area contributed by atoms with E-state index in [1.807, 2.05) is 24.3 Å². The van der Waals surface area contributed by atoms with Gasteiger partial charge in [0.25, 0.3) is 0 Å². The van der Waals surface area contributed by atoms with Crippen LogP contribution >= 0.6 is 0 Å². The maximum atomic E-state index is 12.7. The molecule has 0 spiro atoms. The summed E-state index contributed by atoms with van der Waals surface area (Å²) < 4.78 is 25.4. The van der Waals surface area contributed by atoms with Crippen LogP contribution in [0.25, 0.3) is 0 Å². The molecule has 1 aromatic rings. The second kappa shape index (κ2) is 5.21. The highest BCUT2D eigenvalue weighted by atomic mass is 19.3. The van der Waals surface area contributed by atoms with E-state index in [1.54, 1.807) is 0 Å². The highest BCUT2D eigenvalue weighted by Crippen LogP contribution is 2.21. The van der Waals surface area contributed by atoms with E-state index in [-0.39, 0.29) is 6.42 Å². The molecule has 0 aliphatic rings. The Kier molecular flexibility index (Phi) is 4.21. The van der Waals surface area contributed by atoms with Crippen molar-refractivity contribution in [3.05, 3.63) is 35.4 Å². The molecular formula is C12H17F2N. The van der Waals surface area contributed by atoms with E-state index < -0.39 is 5.92 Å². The average molecular weight is 213 g/mol. The second-order valence-corrected chi connectivity index (χ2v) is 3.88. The molecular weight excluding hydrogens is 196 g/mol. The Labute approximate surface area is 89.3 Å². The number of alkyl halides is 2. The van der Waals surface area contributed by atoms with Crippen molar-refractivity contribution in [3.63, 3.8) is 0 Å². The molecule has 0 unspecified atom stereocenters. The van der Waals surface area contributed by atoms with E-state index >= 15 is 0 Å². The minimum atomic E-state index is -2.59. The van der Waals surface area contributed by atoms with Gasteiger partial charge in [0.1, 0.15) is 0 Å². The first-order chi connectivity index (χ1) is 7.03. The first-order valence-corrected chi connectivity index (χ1v) is 5.17. The SMILES string of the molecule is CC(F)(F)CCc1ccccc1CCN. The molecule has 0 aliphatic carbocycles. The lowest BCUT2D eigenvalue weighted by Gasteiger charge is -2.12. The fourth-order valence-electron chi connectivity index (χ4n) is 1.55. The third kappa shape index (κ3) is 4.38. The first-order valence-electron chi connectivity index (χ1n) is 5.17. The van der Waals surface area contributed by atoms with Crippen LogP contribution < -0.4 is 5.73 Å². The molecule has 0 fully saturated rings. The summed E-state index contributed by atoms with van der Waals surface area (Å²) in [7, 11) is 0. The van der Waals surface area contributed by atoms with Gasteiger partial charge in [-0.05, 0) is 37.4 Å². The van der Waals surface area contributed by atoms with Crippen LogP contribution in [0.15, 0.2) is 24.3 Å². The van der Waals surface area contributed by atoms with Gasteiger partial charge >= 0.3 is 0 Å². The zero-order valence-corrected chi connectivity index (χ0v) is 8.97.